The second kappa shape index (κ2) is 5.22. The molecule has 1 aromatic carbocycles. The molecule has 1 atom stereocenters. The van der Waals surface area contributed by atoms with Crippen molar-refractivity contribution in [3.8, 4) is 5.75 Å². The lowest BCUT2D eigenvalue weighted by Gasteiger charge is -2.32. The Bertz CT molecular complexity index is 450. The van der Waals surface area contributed by atoms with Gasteiger partial charge in [0.2, 0.25) is 0 Å². The number of anilines is 1. The Kier molecular flexibility index (Phi) is 3.66. The van der Waals surface area contributed by atoms with Crippen molar-refractivity contribution in [3.63, 3.8) is 0 Å². The topological polar surface area (TPSA) is 81.6 Å². The van der Waals surface area contributed by atoms with E-state index in [0.717, 1.165) is 19.4 Å². The van der Waals surface area contributed by atoms with Gasteiger partial charge in [-0.2, -0.15) is 0 Å². The summed E-state index contributed by atoms with van der Waals surface area (Å²) in [6.45, 7) is 1.44. The molecule has 1 aliphatic heterocycles. The van der Waals surface area contributed by atoms with Gasteiger partial charge >= 0.3 is 0 Å². The third kappa shape index (κ3) is 2.53. The van der Waals surface area contributed by atoms with Gasteiger partial charge in [0.25, 0.3) is 5.69 Å². The fourth-order valence-electron chi connectivity index (χ4n) is 2.27. The first-order chi connectivity index (χ1) is 8.61. The van der Waals surface area contributed by atoms with E-state index < -0.39 is 0 Å². The quantitative estimate of drug-likeness (QED) is 0.650. The van der Waals surface area contributed by atoms with Gasteiger partial charge in [-0.15, -0.1) is 0 Å². The fourth-order valence-corrected chi connectivity index (χ4v) is 2.27. The second-order valence-electron chi connectivity index (χ2n) is 4.46. The first kappa shape index (κ1) is 12.6. The van der Waals surface area contributed by atoms with Crippen LogP contribution in [0.4, 0.5) is 11.4 Å². The van der Waals surface area contributed by atoms with Crippen LogP contribution in [-0.2, 0) is 0 Å². The van der Waals surface area contributed by atoms with E-state index in [9.17, 15) is 10.1 Å². The van der Waals surface area contributed by atoms with Crippen molar-refractivity contribution in [3.05, 3.63) is 28.3 Å². The highest BCUT2D eigenvalue weighted by Crippen LogP contribution is 2.33. The van der Waals surface area contributed by atoms with Crippen LogP contribution in [-0.4, -0.2) is 31.2 Å². The van der Waals surface area contributed by atoms with Crippen LogP contribution in [0.5, 0.6) is 5.75 Å². The van der Waals surface area contributed by atoms with Crippen LogP contribution in [0.2, 0.25) is 0 Å². The van der Waals surface area contributed by atoms with E-state index in [1.165, 1.54) is 6.07 Å². The van der Waals surface area contributed by atoms with E-state index in [1.54, 1.807) is 19.2 Å². The highest BCUT2D eigenvalue weighted by molar-refractivity contribution is 5.66. The molecule has 6 nitrogen and oxygen atoms in total. The monoisotopic (exact) mass is 251 g/mol. The molecule has 0 saturated carbocycles. The maximum Gasteiger partial charge on any atom is 0.292 e. The maximum atomic E-state index is 11.1. The summed E-state index contributed by atoms with van der Waals surface area (Å²) in [6, 6.07) is 4.86. The van der Waals surface area contributed by atoms with E-state index in [1.807, 2.05) is 4.90 Å². The minimum Gasteiger partial charge on any atom is -0.497 e. The summed E-state index contributed by atoms with van der Waals surface area (Å²) in [5.41, 5.74) is 6.61. The first-order valence-electron chi connectivity index (χ1n) is 5.95. The van der Waals surface area contributed by atoms with Crippen molar-refractivity contribution in [2.75, 3.05) is 25.1 Å². The van der Waals surface area contributed by atoms with Crippen LogP contribution < -0.4 is 15.4 Å². The zero-order chi connectivity index (χ0) is 13.1. The molecule has 0 aromatic heterocycles. The van der Waals surface area contributed by atoms with Crippen molar-refractivity contribution < 1.29 is 9.66 Å². The molecule has 18 heavy (non-hydrogen) atoms. The summed E-state index contributed by atoms with van der Waals surface area (Å²) >= 11 is 0. The maximum absolute atomic E-state index is 11.1. The molecule has 0 radical (unpaired) electrons. The number of piperidine rings is 1. The number of ether oxygens (including phenoxy) is 1. The highest BCUT2D eigenvalue weighted by atomic mass is 16.6. The normalized spacial score (nSPS) is 19.7. The summed E-state index contributed by atoms with van der Waals surface area (Å²) in [7, 11) is 1.55. The molecule has 0 amide bonds. The molecule has 1 aromatic rings. The van der Waals surface area contributed by atoms with E-state index in [4.69, 9.17) is 10.5 Å². The van der Waals surface area contributed by atoms with Crippen LogP contribution in [0, 0.1) is 10.1 Å². The van der Waals surface area contributed by atoms with Crippen molar-refractivity contribution >= 4 is 11.4 Å². The zero-order valence-corrected chi connectivity index (χ0v) is 10.3. The molecular weight excluding hydrogens is 234 g/mol. The lowest BCUT2D eigenvalue weighted by Crippen LogP contribution is -2.43. The molecule has 0 bridgehead atoms. The van der Waals surface area contributed by atoms with Crippen LogP contribution in [0.25, 0.3) is 0 Å². The molecule has 98 valence electrons. The SMILES string of the molecule is COc1ccc([N+](=O)[O-])c(N2CCCC(N)C2)c1. The standard InChI is InChI=1S/C12H17N3O3/c1-18-10-4-5-11(15(16)17)12(7-10)14-6-2-3-9(13)8-14/h4-5,7,9H,2-3,6,8,13H2,1H3. The Morgan fingerprint density at radius 1 is 1.56 bits per heavy atom. The first-order valence-corrected chi connectivity index (χ1v) is 5.95. The van der Waals surface area contributed by atoms with Crippen molar-refractivity contribution in [1.82, 2.24) is 0 Å². The molecular formula is C12H17N3O3. The molecule has 1 saturated heterocycles. The lowest BCUT2D eigenvalue weighted by molar-refractivity contribution is -0.384. The lowest BCUT2D eigenvalue weighted by atomic mass is 10.1. The van der Waals surface area contributed by atoms with E-state index >= 15 is 0 Å². The van der Waals surface area contributed by atoms with Gasteiger partial charge in [0.1, 0.15) is 11.4 Å². The predicted octanol–water partition coefficient (Wildman–Crippen LogP) is 1.53. The van der Waals surface area contributed by atoms with Gasteiger partial charge in [-0.25, -0.2) is 0 Å². The van der Waals surface area contributed by atoms with Crippen molar-refractivity contribution in [1.29, 1.82) is 0 Å². The number of nitrogens with zero attached hydrogens (tertiary/aromatic N) is 2. The number of methoxy groups -OCH3 is 1. The Balaban J connectivity index is 2.36. The molecule has 1 heterocycles. The molecule has 1 unspecified atom stereocenters. The van der Waals surface area contributed by atoms with Gasteiger partial charge in [-0.1, -0.05) is 0 Å². The summed E-state index contributed by atoms with van der Waals surface area (Å²) in [4.78, 5) is 12.7. The molecule has 2 N–H and O–H groups in total. The number of nitrogens with two attached hydrogens (primary N) is 1. The Morgan fingerprint density at radius 3 is 2.94 bits per heavy atom. The Morgan fingerprint density at radius 2 is 2.33 bits per heavy atom. The summed E-state index contributed by atoms with van der Waals surface area (Å²) < 4.78 is 5.13. The van der Waals surface area contributed by atoms with Crippen molar-refractivity contribution in [2.45, 2.75) is 18.9 Å². The minimum absolute atomic E-state index is 0.0737. The molecule has 1 aliphatic rings. The van der Waals surface area contributed by atoms with Gasteiger partial charge < -0.3 is 15.4 Å². The summed E-state index contributed by atoms with van der Waals surface area (Å²) in [6.07, 6.45) is 1.92. The van der Waals surface area contributed by atoms with Gasteiger partial charge in [-0.3, -0.25) is 10.1 Å². The van der Waals surface area contributed by atoms with Crippen LogP contribution in [0.3, 0.4) is 0 Å². The summed E-state index contributed by atoms with van der Waals surface area (Å²) in [5, 5.41) is 11.1. The van der Waals surface area contributed by atoms with Crippen molar-refractivity contribution in [2.24, 2.45) is 5.73 Å². The average molecular weight is 251 g/mol. The highest BCUT2D eigenvalue weighted by Gasteiger charge is 2.24. The van der Waals surface area contributed by atoms with Crippen LogP contribution in [0.15, 0.2) is 18.2 Å². The van der Waals surface area contributed by atoms with Gasteiger partial charge in [0.05, 0.1) is 12.0 Å². The van der Waals surface area contributed by atoms with E-state index in [-0.39, 0.29) is 16.7 Å². The molecule has 0 spiro atoms. The number of rotatable bonds is 3. The summed E-state index contributed by atoms with van der Waals surface area (Å²) in [5.74, 6) is 0.620. The van der Waals surface area contributed by atoms with E-state index in [2.05, 4.69) is 0 Å². The number of nitro groups is 1. The largest absolute Gasteiger partial charge is 0.497 e. The smallest absolute Gasteiger partial charge is 0.292 e. The number of nitro benzene ring substituents is 1. The predicted molar refractivity (Wildman–Crippen MR) is 69.1 cm³/mol. The number of hydrogen-bond donors (Lipinski definition) is 1. The van der Waals surface area contributed by atoms with Gasteiger partial charge in [0, 0.05) is 31.3 Å². The van der Waals surface area contributed by atoms with Gasteiger partial charge in [0.15, 0.2) is 0 Å². The molecule has 2 rings (SSSR count). The fraction of sp³-hybridized carbons (Fsp3) is 0.500. The number of benzene rings is 1. The Labute approximate surface area is 105 Å². The molecule has 0 aliphatic carbocycles. The van der Waals surface area contributed by atoms with E-state index in [0.29, 0.717) is 18.0 Å². The second-order valence-corrected chi connectivity index (χ2v) is 4.46. The zero-order valence-electron chi connectivity index (χ0n) is 10.3. The molecule has 6 heteroatoms. The minimum atomic E-state index is -0.366. The van der Waals surface area contributed by atoms with Crippen LogP contribution >= 0.6 is 0 Å². The third-order valence-corrected chi connectivity index (χ3v) is 3.18. The third-order valence-electron chi connectivity index (χ3n) is 3.18. The average Bonchev–Trinajstić information content (AvgIpc) is 2.38. The van der Waals surface area contributed by atoms with Crippen LogP contribution in [0.1, 0.15) is 12.8 Å². The Hall–Kier alpha value is -1.82. The van der Waals surface area contributed by atoms with Gasteiger partial charge in [-0.05, 0) is 18.9 Å². The molecule has 1 fully saturated rings. The number of hydrogen-bond acceptors (Lipinski definition) is 5.